The number of halogens is 2. The van der Waals surface area contributed by atoms with Crippen molar-refractivity contribution in [1.82, 2.24) is 0 Å². The maximum atomic E-state index is 13.8. The first-order chi connectivity index (χ1) is 9.57. The SMILES string of the molecule is COC1(C(O)Cc2cc(Br)ccc2F)CCCCCC1. The van der Waals surface area contributed by atoms with Gasteiger partial charge in [0.25, 0.3) is 0 Å². The number of rotatable bonds is 4. The van der Waals surface area contributed by atoms with Crippen LogP contribution in [0.15, 0.2) is 22.7 Å². The number of methoxy groups -OCH3 is 1. The van der Waals surface area contributed by atoms with Crippen molar-refractivity contribution in [1.29, 1.82) is 0 Å². The molecule has 1 aromatic rings. The van der Waals surface area contributed by atoms with Gasteiger partial charge < -0.3 is 9.84 Å². The predicted octanol–water partition coefficient (Wildman–Crippen LogP) is 4.23. The Balaban J connectivity index is 2.16. The van der Waals surface area contributed by atoms with Gasteiger partial charge in [-0.1, -0.05) is 41.6 Å². The van der Waals surface area contributed by atoms with Gasteiger partial charge >= 0.3 is 0 Å². The summed E-state index contributed by atoms with van der Waals surface area (Å²) < 4.78 is 20.3. The molecular formula is C16H22BrFO2. The summed E-state index contributed by atoms with van der Waals surface area (Å²) in [5.41, 5.74) is 0.0122. The zero-order valence-electron chi connectivity index (χ0n) is 11.9. The molecular weight excluding hydrogens is 323 g/mol. The van der Waals surface area contributed by atoms with E-state index in [1.54, 1.807) is 19.2 Å². The Morgan fingerprint density at radius 1 is 1.30 bits per heavy atom. The molecule has 0 aromatic heterocycles. The lowest BCUT2D eigenvalue weighted by Gasteiger charge is -2.36. The van der Waals surface area contributed by atoms with Crippen molar-refractivity contribution < 1.29 is 14.2 Å². The summed E-state index contributed by atoms with van der Waals surface area (Å²) in [6.07, 6.45) is 5.80. The first-order valence-electron chi connectivity index (χ1n) is 7.24. The molecule has 0 heterocycles. The van der Waals surface area contributed by atoms with E-state index in [4.69, 9.17) is 4.74 Å². The Kier molecular flexibility index (Phi) is 5.58. The normalized spacial score (nSPS) is 20.4. The fraction of sp³-hybridized carbons (Fsp3) is 0.625. The average Bonchev–Trinajstić information content (AvgIpc) is 2.69. The Bertz CT molecular complexity index is 442. The third-order valence-electron chi connectivity index (χ3n) is 4.38. The zero-order chi connectivity index (χ0) is 14.6. The summed E-state index contributed by atoms with van der Waals surface area (Å²) in [6.45, 7) is 0. The summed E-state index contributed by atoms with van der Waals surface area (Å²) >= 11 is 3.35. The molecule has 0 radical (unpaired) electrons. The third-order valence-corrected chi connectivity index (χ3v) is 4.88. The number of hydrogen-bond acceptors (Lipinski definition) is 2. The van der Waals surface area contributed by atoms with Crippen LogP contribution in [0, 0.1) is 5.82 Å². The molecule has 20 heavy (non-hydrogen) atoms. The zero-order valence-corrected chi connectivity index (χ0v) is 13.5. The fourth-order valence-corrected chi connectivity index (χ4v) is 3.50. The molecule has 4 heteroatoms. The summed E-state index contributed by atoms with van der Waals surface area (Å²) in [5, 5.41) is 10.6. The highest BCUT2D eigenvalue weighted by Crippen LogP contribution is 2.34. The predicted molar refractivity (Wildman–Crippen MR) is 81.3 cm³/mol. The van der Waals surface area contributed by atoms with Crippen molar-refractivity contribution in [2.45, 2.75) is 56.7 Å². The molecule has 0 aliphatic heterocycles. The van der Waals surface area contributed by atoms with Crippen LogP contribution in [0.4, 0.5) is 4.39 Å². The second kappa shape index (κ2) is 7.01. The topological polar surface area (TPSA) is 29.5 Å². The first kappa shape index (κ1) is 15.9. The van der Waals surface area contributed by atoms with E-state index in [9.17, 15) is 9.50 Å². The molecule has 1 N–H and O–H groups in total. The van der Waals surface area contributed by atoms with E-state index in [1.165, 1.54) is 18.9 Å². The number of aliphatic hydroxyl groups is 1. The van der Waals surface area contributed by atoms with Gasteiger partial charge in [-0.3, -0.25) is 0 Å². The third kappa shape index (κ3) is 3.60. The number of ether oxygens (including phenoxy) is 1. The number of aliphatic hydroxyl groups excluding tert-OH is 1. The lowest BCUT2D eigenvalue weighted by atomic mass is 9.84. The largest absolute Gasteiger partial charge is 0.390 e. The first-order valence-corrected chi connectivity index (χ1v) is 8.04. The van der Waals surface area contributed by atoms with Gasteiger partial charge in [-0.2, -0.15) is 0 Å². The highest BCUT2D eigenvalue weighted by molar-refractivity contribution is 9.10. The van der Waals surface area contributed by atoms with Gasteiger partial charge in [-0.05, 0) is 36.6 Å². The van der Waals surface area contributed by atoms with Crippen molar-refractivity contribution in [3.63, 3.8) is 0 Å². The van der Waals surface area contributed by atoms with Gasteiger partial charge in [-0.15, -0.1) is 0 Å². The summed E-state index contributed by atoms with van der Waals surface area (Å²) in [7, 11) is 1.66. The van der Waals surface area contributed by atoms with E-state index in [2.05, 4.69) is 15.9 Å². The molecule has 0 spiro atoms. The van der Waals surface area contributed by atoms with Crippen molar-refractivity contribution in [2.75, 3.05) is 7.11 Å². The fourth-order valence-electron chi connectivity index (χ4n) is 3.09. The molecule has 2 nitrogen and oxygen atoms in total. The minimum absolute atomic E-state index is 0.271. The van der Waals surface area contributed by atoms with E-state index in [1.807, 2.05) is 0 Å². The Morgan fingerprint density at radius 2 is 1.95 bits per heavy atom. The molecule has 0 bridgehead atoms. The van der Waals surface area contributed by atoms with Crippen molar-refractivity contribution >= 4 is 15.9 Å². The van der Waals surface area contributed by atoms with E-state index < -0.39 is 11.7 Å². The molecule has 1 aromatic carbocycles. The van der Waals surface area contributed by atoms with Crippen LogP contribution in [0.2, 0.25) is 0 Å². The van der Waals surface area contributed by atoms with Crippen LogP contribution in [0.1, 0.15) is 44.1 Å². The second-order valence-corrected chi connectivity index (χ2v) is 6.55. The highest BCUT2D eigenvalue weighted by atomic mass is 79.9. The summed E-state index contributed by atoms with van der Waals surface area (Å²) in [5.74, 6) is -0.271. The molecule has 0 amide bonds. The molecule has 1 atom stereocenters. The van der Waals surface area contributed by atoms with Gasteiger partial charge in [0.2, 0.25) is 0 Å². The van der Waals surface area contributed by atoms with Crippen LogP contribution in [-0.4, -0.2) is 23.9 Å². The van der Waals surface area contributed by atoms with Crippen molar-refractivity contribution in [3.8, 4) is 0 Å². The summed E-state index contributed by atoms with van der Waals surface area (Å²) in [4.78, 5) is 0. The second-order valence-electron chi connectivity index (χ2n) is 5.64. The van der Waals surface area contributed by atoms with Crippen LogP contribution >= 0.6 is 15.9 Å². The van der Waals surface area contributed by atoms with Gasteiger partial charge in [0, 0.05) is 18.0 Å². The van der Waals surface area contributed by atoms with E-state index in [-0.39, 0.29) is 5.82 Å². The van der Waals surface area contributed by atoms with Crippen LogP contribution < -0.4 is 0 Å². The molecule has 2 rings (SSSR count). The quantitative estimate of drug-likeness (QED) is 0.828. The average molecular weight is 345 g/mol. The maximum Gasteiger partial charge on any atom is 0.126 e. The minimum Gasteiger partial charge on any atom is -0.390 e. The van der Waals surface area contributed by atoms with Crippen molar-refractivity contribution in [2.24, 2.45) is 0 Å². The minimum atomic E-state index is -0.672. The molecule has 1 fully saturated rings. The number of benzene rings is 1. The molecule has 1 saturated carbocycles. The van der Waals surface area contributed by atoms with Crippen LogP contribution in [0.3, 0.4) is 0 Å². The lowest BCUT2D eigenvalue weighted by Crippen LogP contribution is -2.45. The molecule has 1 unspecified atom stereocenters. The van der Waals surface area contributed by atoms with Gasteiger partial charge in [0.1, 0.15) is 5.82 Å². The van der Waals surface area contributed by atoms with Gasteiger partial charge in [0.15, 0.2) is 0 Å². The Hall–Kier alpha value is -0.450. The van der Waals surface area contributed by atoms with Gasteiger partial charge in [0.05, 0.1) is 11.7 Å². The summed E-state index contributed by atoms with van der Waals surface area (Å²) in [6, 6.07) is 4.83. The molecule has 1 aliphatic carbocycles. The van der Waals surface area contributed by atoms with Gasteiger partial charge in [-0.25, -0.2) is 4.39 Å². The molecule has 0 saturated heterocycles. The molecule has 112 valence electrons. The number of hydrogen-bond donors (Lipinski definition) is 1. The Labute approximate surface area is 128 Å². The maximum absolute atomic E-state index is 13.8. The van der Waals surface area contributed by atoms with Crippen LogP contribution in [-0.2, 0) is 11.2 Å². The lowest BCUT2D eigenvalue weighted by molar-refractivity contribution is -0.111. The highest BCUT2D eigenvalue weighted by Gasteiger charge is 2.38. The Morgan fingerprint density at radius 3 is 2.55 bits per heavy atom. The van der Waals surface area contributed by atoms with E-state index in [0.717, 1.165) is 30.2 Å². The monoisotopic (exact) mass is 344 g/mol. The van der Waals surface area contributed by atoms with E-state index in [0.29, 0.717) is 12.0 Å². The van der Waals surface area contributed by atoms with Crippen LogP contribution in [0.5, 0.6) is 0 Å². The van der Waals surface area contributed by atoms with E-state index >= 15 is 0 Å². The molecule has 1 aliphatic rings. The standard InChI is InChI=1S/C16H22BrFO2/c1-20-16(8-4-2-3-5-9-16)15(19)11-12-10-13(17)6-7-14(12)18/h6-7,10,15,19H,2-5,8-9,11H2,1H3. The van der Waals surface area contributed by atoms with Crippen LogP contribution in [0.25, 0.3) is 0 Å². The smallest absolute Gasteiger partial charge is 0.126 e. The van der Waals surface area contributed by atoms with Crippen molar-refractivity contribution in [3.05, 3.63) is 34.1 Å².